The molecule has 2 heteroatoms. The molecule has 2 aromatic rings. The van der Waals surface area contributed by atoms with Crippen LogP contribution in [-0.2, 0) is 17.8 Å². The topological polar surface area (TPSA) is 12.5 Å². The van der Waals surface area contributed by atoms with Crippen LogP contribution >= 0.6 is 0 Å². The standard InChI is InChI=1S/C16H19NO/c1-18-14-17(12-15-8-4-2-5-9-15)13-16-10-6-3-7-11-16/h2-11H,12-14H2,1H3. The fourth-order valence-corrected chi connectivity index (χ4v) is 2.01. The summed E-state index contributed by atoms with van der Waals surface area (Å²) in [5.41, 5.74) is 2.62. The maximum atomic E-state index is 5.27. The Balaban J connectivity index is 2.00. The number of methoxy groups -OCH3 is 1. The molecule has 0 heterocycles. The van der Waals surface area contributed by atoms with Gasteiger partial charge in [0.2, 0.25) is 0 Å². The van der Waals surface area contributed by atoms with Gasteiger partial charge in [-0.1, -0.05) is 60.7 Å². The van der Waals surface area contributed by atoms with Gasteiger partial charge < -0.3 is 4.74 Å². The van der Waals surface area contributed by atoms with Gasteiger partial charge >= 0.3 is 0 Å². The van der Waals surface area contributed by atoms with Crippen LogP contribution in [-0.4, -0.2) is 18.7 Å². The van der Waals surface area contributed by atoms with Gasteiger partial charge in [-0.2, -0.15) is 0 Å². The third-order valence-corrected chi connectivity index (χ3v) is 2.81. The average Bonchev–Trinajstić information content (AvgIpc) is 2.41. The molecule has 2 rings (SSSR count). The van der Waals surface area contributed by atoms with E-state index in [-0.39, 0.29) is 0 Å². The molecule has 0 saturated heterocycles. The monoisotopic (exact) mass is 241 g/mol. The van der Waals surface area contributed by atoms with Crippen LogP contribution in [0, 0.1) is 0 Å². The van der Waals surface area contributed by atoms with Crippen LogP contribution in [0.1, 0.15) is 11.1 Å². The van der Waals surface area contributed by atoms with Crippen molar-refractivity contribution in [2.75, 3.05) is 13.8 Å². The second kappa shape index (κ2) is 6.94. The van der Waals surface area contributed by atoms with E-state index in [1.165, 1.54) is 11.1 Å². The Kier molecular flexibility index (Phi) is 4.94. The molecular formula is C16H19NO. The lowest BCUT2D eigenvalue weighted by atomic mass is 10.2. The second-order valence-electron chi connectivity index (χ2n) is 4.38. The Hall–Kier alpha value is -1.64. The van der Waals surface area contributed by atoms with Crippen LogP contribution in [0.25, 0.3) is 0 Å². The van der Waals surface area contributed by atoms with Crippen LogP contribution in [0.3, 0.4) is 0 Å². The van der Waals surface area contributed by atoms with Crippen molar-refractivity contribution < 1.29 is 4.74 Å². The highest BCUT2D eigenvalue weighted by Gasteiger charge is 2.06. The van der Waals surface area contributed by atoms with E-state index in [2.05, 4.69) is 53.4 Å². The van der Waals surface area contributed by atoms with Gasteiger partial charge in [0, 0.05) is 20.2 Å². The number of hydrogen-bond donors (Lipinski definition) is 0. The van der Waals surface area contributed by atoms with E-state index in [0.29, 0.717) is 6.73 Å². The Morgan fingerprint density at radius 3 is 1.61 bits per heavy atom. The minimum Gasteiger partial charge on any atom is -0.369 e. The van der Waals surface area contributed by atoms with Crippen molar-refractivity contribution in [1.29, 1.82) is 0 Å². The summed E-state index contributed by atoms with van der Waals surface area (Å²) in [6.45, 7) is 2.46. The lowest BCUT2D eigenvalue weighted by Crippen LogP contribution is -2.24. The van der Waals surface area contributed by atoms with Crippen LogP contribution in [0.15, 0.2) is 60.7 Å². The first-order valence-electron chi connectivity index (χ1n) is 6.17. The lowest BCUT2D eigenvalue weighted by molar-refractivity contribution is 0.0523. The first-order valence-corrected chi connectivity index (χ1v) is 6.17. The number of rotatable bonds is 6. The summed E-state index contributed by atoms with van der Waals surface area (Å²) >= 11 is 0. The summed E-state index contributed by atoms with van der Waals surface area (Å²) in [7, 11) is 1.74. The SMILES string of the molecule is COCN(Cc1ccccc1)Cc1ccccc1. The molecule has 0 amide bonds. The quantitative estimate of drug-likeness (QED) is 0.720. The van der Waals surface area contributed by atoms with Gasteiger partial charge in [-0.25, -0.2) is 0 Å². The minimum atomic E-state index is 0.643. The van der Waals surface area contributed by atoms with Crippen molar-refractivity contribution in [1.82, 2.24) is 4.90 Å². The maximum absolute atomic E-state index is 5.27. The first-order chi connectivity index (χ1) is 8.88. The van der Waals surface area contributed by atoms with E-state index in [4.69, 9.17) is 4.74 Å². The third-order valence-electron chi connectivity index (χ3n) is 2.81. The number of nitrogens with zero attached hydrogens (tertiary/aromatic N) is 1. The van der Waals surface area contributed by atoms with Gasteiger partial charge in [-0.15, -0.1) is 0 Å². The van der Waals surface area contributed by atoms with Gasteiger partial charge in [-0.3, -0.25) is 4.90 Å². The molecule has 0 saturated carbocycles. The Morgan fingerprint density at radius 1 is 0.778 bits per heavy atom. The molecule has 2 nitrogen and oxygen atoms in total. The highest BCUT2D eigenvalue weighted by Crippen LogP contribution is 2.09. The van der Waals surface area contributed by atoms with Crippen molar-refractivity contribution in [3.63, 3.8) is 0 Å². The zero-order valence-corrected chi connectivity index (χ0v) is 10.8. The fraction of sp³-hybridized carbons (Fsp3) is 0.250. The Bertz CT molecular complexity index is 400. The average molecular weight is 241 g/mol. The van der Waals surface area contributed by atoms with Gasteiger partial charge in [0.25, 0.3) is 0 Å². The molecule has 0 unspecified atom stereocenters. The zero-order valence-electron chi connectivity index (χ0n) is 10.8. The third kappa shape index (κ3) is 3.99. The minimum absolute atomic E-state index is 0.643. The smallest absolute Gasteiger partial charge is 0.0992 e. The van der Waals surface area contributed by atoms with Crippen molar-refractivity contribution in [2.45, 2.75) is 13.1 Å². The molecule has 0 radical (unpaired) electrons. The van der Waals surface area contributed by atoms with Crippen LogP contribution < -0.4 is 0 Å². The summed E-state index contributed by atoms with van der Waals surface area (Å²) in [6.07, 6.45) is 0. The highest BCUT2D eigenvalue weighted by atomic mass is 16.5. The van der Waals surface area contributed by atoms with Crippen LogP contribution in [0.2, 0.25) is 0 Å². The van der Waals surface area contributed by atoms with E-state index >= 15 is 0 Å². The number of hydrogen-bond acceptors (Lipinski definition) is 2. The van der Waals surface area contributed by atoms with Crippen LogP contribution in [0.5, 0.6) is 0 Å². The van der Waals surface area contributed by atoms with Gasteiger partial charge in [0.1, 0.15) is 0 Å². The van der Waals surface area contributed by atoms with E-state index in [1.807, 2.05) is 12.1 Å². The summed E-state index contributed by atoms with van der Waals surface area (Å²) in [6, 6.07) is 21.0. The van der Waals surface area contributed by atoms with Crippen molar-refractivity contribution >= 4 is 0 Å². The number of benzene rings is 2. The van der Waals surface area contributed by atoms with E-state index in [0.717, 1.165) is 13.1 Å². The van der Waals surface area contributed by atoms with E-state index in [1.54, 1.807) is 7.11 Å². The summed E-state index contributed by atoms with van der Waals surface area (Å²) in [5.74, 6) is 0. The molecule has 0 N–H and O–H groups in total. The molecule has 94 valence electrons. The predicted molar refractivity (Wildman–Crippen MR) is 74.0 cm³/mol. The predicted octanol–water partition coefficient (Wildman–Crippen LogP) is 3.29. The summed E-state index contributed by atoms with van der Waals surface area (Å²) in [5, 5.41) is 0. The maximum Gasteiger partial charge on any atom is 0.0992 e. The molecule has 0 aliphatic heterocycles. The molecule has 0 bridgehead atoms. The molecular weight excluding hydrogens is 222 g/mol. The highest BCUT2D eigenvalue weighted by molar-refractivity contribution is 5.16. The first kappa shape index (κ1) is 12.8. The van der Waals surface area contributed by atoms with Gasteiger partial charge in [0.15, 0.2) is 0 Å². The van der Waals surface area contributed by atoms with Crippen LogP contribution in [0.4, 0.5) is 0 Å². The largest absolute Gasteiger partial charge is 0.369 e. The summed E-state index contributed by atoms with van der Waals surface area (Å²) in [4.78, 5) is 2.28. The van der Waals surface area contributed by atoms with Gasteiger partial charge in [0.05, 0.1) is 6.73 Å². The van der Waals surface area contributed by atoms with E-state index in [9.17, 15) is 0 Å². The van der Waals surface area contributed by atoms with Crippen molar-refractivity contribution in [2.24, 2.45) is 0 Å². The van der Waals surface area contributed by atoms with E-state index < -0.39 is 0 Å². The normalized spacial score (nSPS) is 10.8. The lowest BCUT2D eigenvalue weighted by Gasteiger charge is -2.21. The number of ether oxygens (including phenoxy) is 1. The molecule has 18 heavy (non-hydrogen) atoms. The summed E-state index contributed by atoms with van der Waals surface area (Å²) < 4.78 is 5.27. The molecule has 0 aliphatic carbocycles. The molecule has 0 aromatic heterocycles. The zero-order chi connectivity index (χ0) is 12.6. The molecule has 0 aliphatic rings. The van der Waals surface area contributed by atoms with Crippen molar-refractivity contribution in [3.05, 3.63) is 71.8 Å². The van der Waals surface area contributed by atoms with Crippen molar-refractivity contribution in [3.8, 4) is 0 Å². The Morgan fingerprint density at radius 2 is 1.22 bits per heavy atom. The second-order valence-corrected chi connectivity index (χ2v) is 4.38. The fourth-order valence-electron chi connectivity index (χ4n) is 2.01. The van der Waals surface area contributed by atoms with Gasteiger partial charge in [-0.05, 0) is 11.1 Å². The molecule has 0 fully saturated rings. The molecule has 0 atom stereocenters. The molecule has 2 aromatic carbocycles. The molecule has 0 spiro atoms. The Labute approximate surface area is 109 Å².